The Morgan fingerprint density at radius 1 is 1.10 bits per heavy atom. The maximum Gasteiger partial charge on any atom is 0.248 e. The van der Waals surface area contributed by atoms with Crippen LogP contribution in [0.5, 0.6) is 0 Å². The SMILES string of the molecule is CN1CCC(n2cc(Nc3ncc(Cl)c(Nc4cccc(NC(=O)C=C5CCC(F)(F)CC5)c4)n3)cn2)CC1. The van der Waals surface area contributed by atoms with E-state index in [1.165, 1.54) is 12.3 Å². The van der Waals surface area contributed by atoms with E-state index in [0.29, 0.717) is 34.2 Å². The van der Waals surface area contributed by atoms with Gasteiger partial charge in [0.05, 0.1) is 24.1 Å². The highest BCUT2D eigenvalue weighted by Gasteiger charge is 2.32. The maximum atomic E-state index is 13.4. The van der Waals surface area contributed by atoms with E-state index < -0.39 is 5.92 Å². The van der Waals surface area contributed by atoms with E-state index in [4.69, 9.17) is 11.6 Å². The minimum atomic E-state index is -2.64. The third-order valence-corrected chi connectivity index (χ3v) is 7.29. The third kappa shape index (κ3) is 7.30. The summed E-state index contributed by atoms with van der Waals surface area (Å²) in [5.41, 5.74) is 2.72. The highest BCUT2D eigenvalue weighted by molar-refractivity contribution is 6.32. The predicted molar refractivity (Wildman–Crippen MR) is 148 cm³/mol. The molecule has 5 rings (SSSR count). The summed E-state index contributed by atoms with van der Waals surface area (Å²) < 4.78 is 28.7. The monoisotopic (exact) mass is 556 g/mol. The molecule has 39 heavy (non-hydrogen) atoms. The third-order valence-electron chi connectivity index (χ3n) is 7.02. The Kier molecular flexibility index (Phi) is 8.08. The van der Waals surface area contributed by atoms with E-state index in [1.54, 1.807) is 24.4 Å². The normalized spacial score (nSPS) is 18.0. The van der Waals surface area contributed by atoms with Gasteiger partial charge in [0.15, 0.2) is 5.82 Å². The van der Waals surface area contributed by atoms with Crippen LogP contribution in [-0.2, 0) is 4.79 Å². The van der Waals surface area contributed by atoms with Gasteiger partial charge in [-0.15, -0.1) is 0 Å². The van der Waals surface area contributed by atoms with Gasteiger partial charge < -0.3 is 20.9 Å². The first-order valence-electron chi connectivity index (χ1n) is 13.0. The molecule has 12 heteroatoms. The average Bonchev–Trinajstić information content (AvgIpc) is 3.36. The number of nitrogens with one attached hydrogen (secondary N) is 3. The standard InChI is InChI=1S/C27H31ClF2N8O/c1-37-11-7-22(8-12-37)38-17-21(15-32-38)35-26-31-16-23(28)25(36-26)34-20-4-2-3-19(14-20)33-24(39)13-18-5-9-27(29,30)10-6-18/h2-4,13-17,22H,5-12H2,1H3,(H,33,39)(H2,31,34,35,36). The second-order valence-corrected chi connectivity index (χ2v) is 10.5. The van der Waals surface area contributed by atoms with E-state index in [9.17, 15) is 13.6 Å². The molecule has 3 heterocycles. The largest absolute Gasteiger partial charge is 0.339 e. The summed E-state index contributed by atoms with van der Waals surface area (Å²) in [6.07, 6.45) is 8.76. The van der Waals surface area contributed by atoms with Crippen LogP contribution < -0.4 is 16.0 Å². The average molecular weight is 557 g/mol. The van der Waals surface area contributed by atoms with Crippen molar-refractivity contribution >= 4 is 46.3 Å². The highest BCUT2D eigenvalue weighted by atomic mass is 35.5. The lowest BCUT2D eigenvalue weighted by Crippen LogP contribution is -2.31. The molecule has 2 aliphatic rings. The fourth-order valence-electron chi connectivity index (χ4n) is 4.76. The number of rotatable bonds is 7. The van der Waals surface area contributed by atoms with Crippen molar-refractivity contribution in [1.82, 2.24) is 24.6 Å². The molecule has 1 saturated carbocycles. The number of benzene rings is 1. The van der Waals surface area contributed by atoms with Gasteiger partial charge in [0.25, 0.3) is 0 Å². The van der Waals surface area contributed by atoms with Crippen LogP contribution >= 0.6 is 11.6 Å². The number of hydrogen-bond acceptors (Lipinski definition) is 7. The Labute approximate surface area is 230 Å². The zero-order valence-electron chi connectivity index (χ0n) is 21.6. The summed E-state index contributed by atoms with van der Waals surface area (Å²) in [4.78, 5) is 23.6. The van der Waals surface area contributed by atoms with Gasteiger partial charge in [-0.25, -0.2) is 13.8 Å². The van der Waals surface area contributed by atoms with E-state index in [1.807, 2.05) is 16.9 Å². The summed E-state index contributed by atoms with van der Waals surface area (Å²) in [5.74, 6) is -2.23. The van der Waals surface area contributed by atoms with Crippen molar-refractivity contribution in [2.24, 2.45) is 0 Å². The van der Waals surface area contributed by atoms with Gasteiger partial charge in [-0.05, 0) is 64.0 Å². The van der Waals surface area contributed by atoms with Crippen LogP contribution in [0.1, 0.15) is 44.6 Å². The van der Waals surface area contributed by atoms with Gasteiger partial charge in [-0.3, -0.25) is 9.48 Å². The number of alkyl halides is 2. The van der Waals surface area contributed by atoms with Crippen LogP contribution in [-0.4, -0.2) is 56.6 Å². The second kappa shape index (κ2) is 11.7. The van der Waals surface area contributed by atoms with Crippen LogP contribution in [0, 0.1) is 0 Å². The first-order chi connectivity index (χ1) is 18.7. The van der Waals surface area contributed by atoms with Gasteiger partial charge >= 0.3 is 0 Å². The Morgan fingerprint density at radius 3 is 2.62 bits per heavy atom. The number of anilines is 5. The van der Waals surface area contributed by atoms with Gasteiger partial charge in [0, 0.05) is 36.5 Å². The lowest BCUT2D eigenvalue weighted by molar-refractivity contribution is -0.112. The summed E-state index contributed by atoms with van der Waals surface area (Å²) >= 11 is 6.35. The number of halogens is 3. The Bertz CT molecular complexity index is 1340. The Hall–Kier alpha value is -3.57. The molecule has 1 aliphatic carbocycles. The first kappa shape index (κ1) is 27.0. The molecular weight excluding hydrogens is 526 g/mol. The summed E-state index contributed by atoms with van der Waals surface area (Å²) in [5, 5.41) is 14.0. The molecule has 206 valence electrons. The number of likely N-dealkylation sites (tertiary alicyclic amines) is 1. The van der Waals surface area contributed by atoms with Gasteiger partial charge in [0.1, 0.15) is 5.02 Å². The van der Waals surface area contributed by atoms with Crippen molar-refractivity contribution in [3.63, 3.8) is 0 Å². The molecular formula is C27H31ClF2N8O. The van der Waals surface area contributed by atoms with Crippen LogP contribution in [0.3, 0.4) is 0 Å². The molecule has 1 saturated heterocycles. The number of allylic oxidation sites excluding steroid dienone is 1. The zero-order chi connectivity index (χ0) is 27.4. The lowest BCUT2D eigenvalue weighted by atomic mass is 9.91. The summed E-state index contributed by atoms with van der Waals surface area (Å²) in [6.45, 7) is 2.10. The molecule has 2 aromatic heterocycles. The van der Waals surface area contributed by atoms with Crippen molar-refractivity contribution in [3.8, 4) is 0 Å². The molecule has 1 aliphatic heterocycles. The van der Waals surface area contributed by atoms with Crippen LogP contribution in [0.2, 0.25) is 5.02 Å². The molecule has 0 bridgehead atoms. The molecule has 0 unspecified atom stereocenters. The number of amides is 1. The minimum Gasteiger partial charge on any atom is -0.339 e. The molecule has 2 fully saturated rings. The maximum absolute atomic E-state index is 13.4. The highest BCUT2D eigenvalue weighted by Crippen LogP contribution is 2.35. The smallest absolute Gasteiger partial charge is 0.248 e. The van der Waals surface area contributed by atoms with E-state index in [-0.39, 0.29) is 31.6 Å². The number of nitrogens with zero attached hydrogens (tertiary/aromatic N) is 5. The molecule has 0 atom stereocenters. The van der Waals surface area contributed by atoms with Crippen molar-refractivity contribution in [2.45, 2.75) is 50.5 Å². The van der Waals surface area contributed by atoms with Crippen LogP contribution in [0.25, 0.3) is 0 Å². The molecule has 3 aromatic rings. The Balaban J connectivity index is 1.21. The van der Waals surface area contributed by atoms with Crippen LogP contribution in [0.15, 0.2) is 54.5 Å². The topological polar surface area (TPSA) is 100 Å². The Morgan fingerprint density at radius 2 is 1.85 bits per heavy atom. The van der Waals surface area contributed by atoms with Gasteiger partial charge in [-0.2, -0.15) is 10.1 Å². The van der Waals surface area contributed by atoms with Gasteiger partial charge in [0.2, 0.25) is 17.8 Å². The molecule has 1 aromatic carbocycles. The number of hydrogen-bond donors (Lipinski definition) is 3. The predicted octanol–water partition coefficient (Wildman–Crippen LogP) is 6.15. The zero-order valence-corrected chi connectivity index (χ0v) is 22.4. The number of aromatic nitrogens is 4. The summed E-state index contributed by atoms with van der Waals surface area (Å²) in [7, 11) is 2.13. The van der Waals surface area contributed by atoms with Gasteiger partial charge in [-0.1, -0.05) is 23.2 Å². The van der Waals surface area contributed by atoms with Crippen molar-refractivity contribution < 1.29 is 13.6 Å². The quantitative estimate of drug-likeness (QED) is 0.300. The van der Waals surface area contributed by atoms with E-state index >= 15 is 0 Å². The van der Waals surface area contributed by atoms with Crippen molar-refractivity contribution in [3.05, 3.63) is 59.5 Å². The summed E-state index contributed by atoms with van der Waals surface area (Å²) in [6, 6.07) is 7.44. The van der Waals surface area contributed by atoms with E-state index in [0.717, 1.165) is 37.2 Å². The molecule has 1 amide bonds. The van der Waals surface area contributed by atoms with Crippen molar-refractivity contribution in [2.75, 3.05) is 36.1 Å². The number of carbonyl (C=O) groups excluding carboxylic acids is 1. The van der Waals surface area contributed by atoms with Crippen LogP contribution in [0.4, 0.5) is 37.6 Å². The lowest BCUT2D eigenvalue weighted by Gasteiger charge is -2.28. The molecule has 0 radical (unpaired) electrons. The molecule has 3 N–H and O–H groups in total. The fraction of sp³-hybridized carbons (Fsp3) is 0.407. The van der Waals surface area contributed by atoms with Crippen molar-refractivity contribution in [1.29, 1.82) is 0 Å². The number of piperidine rings is 1. The fourth-order valence-corrected chi connectivity index (χ4v) is 4.90. The minimum absolute atomic E-state index is 0.220. The second-order valence-electron chi connectivity index (χ2n) is 10.1. The first-order valence-corrected chi connectivity index (χ1v) is 13.4. The number of carbonyl (C=O) groups is 1. The van der Waals surface area contributed by atoms with E-state index in [2.05, 4.69) is 43.0 Å². The molecule has 0 spiro atoms. The molecule has 9 nitrogen and oxygen atoms in total.